The zero-order chi connectivity index (χ0) is 25.8. The van der Waals surface area contributed by atoms with Gasteiger partial charge in [0.2, 0.25) is 23.6 Å². The zero-order valence-electron chi connectivity index (χ0n) is 21.0. The van der Waals surface area contributed by atoms with Crippen LogP contribution >= 0.6 is 0 Å². The van der Waals surface area contributed by atoms with Gasteiger partial charge in [-0.05, 0) is 36.2 Å². The van der Waals surface area contributed by atoms with Crippen LogP contribution in [0.3, 0.4) is 0 Å². The fraction of sp³-hybridized carbons (Fsp3) is 0.185. The van der Waals surface area contributed by atoms with Gasteiger partial charge in [0.05, 0.1) is 32.4 Å². The summed E-state index contributed by atoms with van der Waals surface area (Å²) in [5, 5.41) is 6.61. The summed E-state index contributed by atoms with van der Waals surface area (Å²) in [5.74, 6) is 2.87. The van der Waals surface area contributed by atoms with Crippen LogP contribution in [0.5, 0.6) is 17.2 Å². The molecule has 0 bridgehead atoms. The van der Waals surface area contributed by atoms with Crippen LogP contribution < -0.4 is 24.8 Å². The Hall–Kier alpha value is -4.86. The number of aromatic nitrogens is 5. The molecule has 2 aromatic heterocycles. The topological polar surface area (TPSA) is 108 Å². The molecular weight excluding hydrogens is 470 g/mol. The first-order chi connectivity index (χ1) is 18.1. The number of rotatable bonds is 9. The minimum absolute atomic E-state index is 0.343. The van der Waals surface area contributed by atoms with Crippen molar-refractivity contribution in [2.75, 3.05) is 32.0 Å². The Bertz CT molecular complexity index is 1510. The molecule has 0 radical (unpaired) electrons. The Balaban J connectivity index is 1.53. The summed E-state index contributed by atoms with van der Waals surface area (Å²) in [6, 6.07) is 19.7. The highest BCUT2D eigenvalue weighted by Gasteiger charge is 2.17. The molecule has 2 heterocycles. The van der Waals surface area contributed by atoms with E-state index in [0.717, 1.165) is 23.1 Å². The Morgan fingerprint density at radius 1 is 0.784 bits per heavy atom. The average molecular weight is 498 g/mol. The second kappa shape index (κ2) is 10.4. The fourth-order valence-corrected chi connectivity index (χ4v) is 4.00. The lowest BCUT2D eigenvalue weighted by Crippen LogP contribution is -2.08. The largest absolute Gasteiger partial charge is 0.493 e. The number of nitrogens with one attached hydrogen (secondary N) is 2. The maximum atomic E-state index is 5.46. The molecule has 0 fully saturated rings. The van der Waals surface area contributed by atoms with E-state index in [1.54, 1.807) is 33.5 Å². The molecule has 5 aromatic rings. The molecule has 3 aromatic carbocycles. The highest BCUT2D eigenvalue weighted by atomic mass is 16.5. The van der Waals surface area contributed by atoms with Gasteiger partial charge in [0.1, 0.15) is 6.33 Å². The number of ether oxygens (including phenoxy) is 3. The summed E-state index contributed by atoms with van der Waals surface area (Å²) >= 11 is 0. The van der Waals surface area contributed by atoms with E-state index in [0.29, 0.717) is 40.8 Å². The Labute approximate surface area is 214 Å². The second-order valence-electron chi connectivity index (χ2n) is 8.08. The number of anilines is 4. The third kappa shape index (κ3) is 4.81. The predicted octanol–water partition coefficient (Wildman–Crippen LogP) is 5.29. The first kappa shape index (κ1) is 23.9. The van der Waals surface area contributed by atoms with Gasteiger partial charge in [-0.2, -0.15) is 4.98 Å². The monoisotopic (exact) mass is 497 g/mol. The number of nitrogens with zero attached hydrogens (tertiary/aromatic N) is 5. The number of methoxy groups -OCH3 is 3. The lowest BCUT2D eigenvalue weighted by atomic mass is 10.1. The van der Waals surface area contributed by atoms with Crippen LogP contribution in [0, 0.1) is 0 Å². The van der Waals surface area contributed by atoms with Crippen LogP contribution in [-0.4, -0.2) is 45.8 Å². The minimum Gasteiger partial charge on any atom is -0.493 e. The number of hydrogen-bond donors (Lipinski definition) is 2. The standard InChI is InChI=1S/C27H27N7O3/c1-5-17-10-12-18(13-11-17)31-27-32-20-8-6-7-9-21(20)34(27)26-29-16-28-25(33-26)30-19-14-22(35-2)24(37-4)23(15-19)36-3/h6-16H,5H2,1-4H3,(H,31,32)(H,28,29,30,33). The number of imidazole rings is 1. The molecule has 0 unspecified atom stereocenters. The van der Waals surface area contributed by atoms with Crippen molar-refractivity contribution in [2.24, 2.45) is 0 Å². The van der Waals surface area contributed by atoms with Crippen LogP contribution in [0.1, 0.15) is 12.5 Å². The van der Waals surface area contributed by atoms with Gasteiger partial charge in [0.25, 0.3) is 0 Å². The number of fused-ring (bicyclic) bond motifs is 1. The molecule has 0 saturated carbocycles. The van der Waals surface area contributed by atoms with E-state index in [9.17, 15) is 0 Å². The zero-order valence-corrected chi connectivity index (χ0v) is 21.0. The molecule has 0 amide bonds. The minimum atomic E-state index is 0.343. The van der Waals surface area contributed by atoms with E-state index in [-0.39, 0.29) is 0 Å². The van der Waals surface area contributed by atoms with Crippen LogP contribution in [0.2, 0.25) is 0 Å². The maximum Gasteiger partial charge on any atom is 0.241 e. The molecule has 0 aliphatic heterocycles. The molecule has 5 rings (SSSR count). The van der Waals surface area contributed by atoms with Crippen molar-refractivity contribution in [1.82, 2.24) is 24.5 Å². The maximum absolute atomic E-state index is 5.46. The number of benzene rings is 3. The molecule has 0 aliphatic carbocycles. The quantitative estimate of drug-likeness (QED) is 0.281. The van der Waals surface area contributed by atoms with Crippen molar-refractivity contribution in [3.05, 3.63) is 72.6 Å². The van der Waals surface area contributed by atoms with Crippen LogP contribution in [0.4, 0.5) is 23.3 Å². The third-order valence-corrected chi connectivity index (χ3v) is 5.86. The molecule has 0 atom stereocenters. The van der Waals surface area contributed by atoms with Gasteiger partial charge in [0.15, 0.2) is 11.5 Å². The molecule has 10 nitrogen and oxygen atoms in total. The van der Waals surface area contributed by atoms with Gasteiger partial charge in [-0.15, -0.1) is 0 Å². The fourth-order valence-electron chi connectivity index (χ4n) is 4.00. The molecule has 0 saturated heterocycles. The van der Waals surface area contributed by atoms with E-state index >= 15 is 0 Å². The highest BCUT2D eigenvalue weighted by Crippen LogP contribution is 2.40. The smallest absolute Gasteiger partial charge is 0.241 e. The molecule has 188 valence electrons. The Morgan fingerprint density at radius 3 is 2.19 bits per heavy atom. The summed E-state index contributed by atoms with van der Waals surface area (Å²) in [5.41, 5.74) is 4.52. The van der Waals surface area contributed by atoms with Crippen molar-refractivity contribution < 1.29 is 14.2 Å². The van der Waals surface area contributed by atoms with Crippen molar-refractivity contribution >= 4 is 34.3 Å². The second-order valence-corrected chi connectivity index (χ2v) is 8.08. The van der Waals surface area contributed by atoms with E-state index in [2.05, 4.69) is 44.6 Å². The number of aryl methyl sites for hydroxylation is 1. The van der Waals surface area contributed by atoms with E-state index < -0.39 is 0 Å². The Kier molecular flexibility index (Phi) is 6.71. The molecule has 0 aliphatic rings. The highest BCUT2D eigenvalue weighted by molar-refractivity contribution is 5.81. The van der Waals surface area contributed by atoms with Crippen molar-refractivity contribution in [3.63, 3.8) is 0 Å². The molecular formula is C27H27N7O3. The summed E-state index contributed by atoms with van der Waals surface area (Å²) in [7, 11) is 4.69. The van der Waals surface area contributed by atoms with Gasteiger partial charge in [-0.25, -0.2) is 19.5 Å². The Morgan fingerprint density at radius 2 is 1.51 bits per heavy atom. The van der Waals surface area contributed by atoms with Crippen LogP contribution in [-0.2, 0) is 6.42 Å². The summed E-state index contributed by atoms with van der Waals surface area (Å²) in [4.78, 5) is 18.2. The third-order valence-electron chi connectivity index (χ3n) is 5.86. The van der Waals surface area contributed by atoms with Crippen molar-refractivity contribution in [1.29, 1.82) is 0 Å². The summed E-state index contributed by atoms with van der Waals surface area (Å²) in [6.45, 7) is 2.13. The van der Waals surface area contributed by atoms with Crippen molar-refractivity contribution in [2.45, 2.75) is 13.3 Å². The lowest BCUT2D eigenvalue weighted by Gasteiger charge is -2.15. The molecule has 2 N–H and O–H groups in total. The number of hydrogen-bond acceptors (Lipinski definition) is 9. The van der Waals surface area contributed by atoms with E-state index in [1.807, 2.05) is 41.0 Å². The lowest BCUT2D eigenvalue weighted by molar-refractivity contribution is 0.324. The average Bonchev–Trinajstić information content (AvgIpc) is 3.30. The SMILES string of the molecule is CCc1ccc(Nc2nc3ccccc3n2-c2ncnc(Nc3cc(OC)c(OC)c(OC)c3)n2)cc1. The van der Waals surface area contributed by atoms with Crippen LogP contribution in [0.15, 0.2) is 67.0 Å². The van der Waals surface area contributed by atoms with Gasteiger partial charge in [-0.1, -0.05) is 31.2 Å². The predicted molar refractivity (Wildman–Crippen MR) is 143 cm³/mol. The molecule has 10 heteroatoms. The van der Waals surface area contributed by atoms with Gasteiger partial charge < -0.3 is 24.8 Å². The molecule has 0 spiro atoms. The van der Waals surface area contributed by atoms with Crippen molar-refractivity contribution in [3.8, 4) is 23.2 Å². The van der Waals surface area contributed by atoms with Gasteiger partial charge >= 0.3 is 0 Å². The first-order valence-electron chi connectivity index (χ1n) is 11.7. The van der Waals surface area contributed by atoms with E-state index in [1.165, 1.54) is 11.9 Å². The number of para-hydroxylation sites is 2. The first-order valence-corrected chi connectivity index (χ1v) is 11.7. The summed E-state index contributed by atoms with van der Waals surface area (Å²) < 4.78 is 18.2. The molecule has 37 heavy (non-hydrogen) atoms. The van der Waals surface area contributed by atoms with Crippen LogP contribution in [0.25, 0.3) is 17.0 Å². The van der Waals surface area contributed by atoms with Gasteiger partial charge in [0, 0.05) is 23.5 Å². The summed E-state index contributed by atoms with van der Waals surface area (Å²) in [6.07, 6.45) is 2.43. The normalized spacial score (nSPS) is 10.8. The van der Waals surface area contributed by atoms with Gasteiger partial charge in [-0.3, -0.25) is 0 Å². The van der Waals surface area contributed by atoms with E-state index in [4.69, 9.17) is 19.2 Å².